The average Bonchev–Trinajstić information content (AvgIpc) is 2.71. The molecule has 1 unspecified atom stereocenters. The quantitative estimate of drug-likeness (QED) is 0.881. The number of rotatable bonds is 3. The zero-order chi connectivity index (χ0) is 19.7. The van der Waals surface area contributed by atoms with Crippen LogP contribution in [0.25, 0.3) is 0 Å². The summed E-state index contributed by atoms with van der Waals surface area (Å²) in [6, 6.07) is 7.05. The molecule has 0 aliphatic carbocycles. The highest BCUT2D eigenvalue weighted by Crippen LogP contribution is 2.33. The summed E-state index contributed by atoms with van der Waals surface area (Å²) in [6.07, 6.45) is 5.38. The summed E-state index contributed by atoms with van der Waals surface area (Å²) < 4.78 is 0. The molecule has 150 valence electrons. The number of aromatic nitrogens is 2. The normalized spacial score (nSPS) is 20.5. The van der Waals surface area contributed by atoms with Gasteiger partial charge in [-0.15, -0.1) is 0 Å². The number of nitrogens with zero attached hydrogens (tertiary/aromatic N) is 5. The fraction of sp³-hybridized carbons (Fsp3) is 0.545. The van der Waals surface area contributed by atoms with E-state index in [1.165, 1.54) is 36.1 Å². The minimum Gasteiger partial charge on any atom is -0.393 e. The van der Waals surface area contributed by atoms with E-state index in [-0.39, 0.29) is 0 Å². The number of hydrogen-bond donors (Lipinski definition) is 1. The lowest BCUT2D eigenvalue weighted by Gasteiger charge is -2.39. The number of nitrogen functional groups attached to an aromatic ring is 1. The van der Waals surface area contributed by atoms with Crippen LogP contribution in [0, 0.1) is 13.8 Å². The predicted molar refractivity (Wildman–Crippen MR) is 117 cm³/mol. The van der Waals surface area contributed by atoms with Gasteiger partial charge in [0.1, 0.15) is 12.0 Å². The van der Waals surface area contributed by atoms with Gasteiger partial charge in [-0.1, -0.05) is 12.1 Å². The van der Waals surface area contributed by atoms with Gasteiger partial charge in [0.15, 0.2) is 11.6 Å². The van der Waals surface area contributed by atoms with E-state index >= 15 is 0 Å². The van der Waals surface area contributed by atoms with Crippen LogP contribution >= 0.6 is 0 Å². The van der Waals surface area contributed by atoms with E-state index in [2.05, 4.69) is 63.6 Å². The molecule has 2 saturated heterocycles. The third-order valence-electron chi connectivity index (χ3n) is 6.41. The molecule has 0 saturated carbocycles. The second-order valence-corrected chi connectivity index (χ2v) is 8.17. The first-order valence-electron chi connectivity index (χ1n) is 10.5. The minimum atomic E-state index is 0.486. The van der Waals surface area contributed by atoms with Crippen LogP contribution in [0.4, 0.5) is 23.0 Å². The first-order valence-corrected chi connectivity index (χ1v) is 10.5. The molecule has 0 amide bonds. The van der Waals surface area contributed by atoms with Crippen molar-refractivity contribution in [2.24, 2.45) is 0 Å². The van der Waals surface area contributed by atoms with E-state index in [9.17, 15) is 0 Å². The SMILES string of the molecule is Cc1cccc(N2CCN(c3ncnc(N4CCCCC4C)c3N)CC2)c1C. The molecule has 6 nitrogen and oxygen atoms in total. The topological polar surface area (TPSA) is 61.5 Å². The summed E-state index contributed by atoms with van der Waals surface area (Å²) in [5.41, 5.74) is 11.4. The highest BCUT2D eigenvalue weighted by atomic mass is 15.3. The maximum atomic E-state index is 6.58. The number of hydrogen-bond acceptors (Lipinski definition) is 6. The van der Waals surface area contributed by atoms with E-state index in [0.717, 1.165) is 50.0 Å². The minimum absolute atomic E-state index is 0.486. The Kier molecular flexibility index (Phi) is 5.29. The van der Waals surface area contributed by atoms with Crippen molar-refractivity contribution in [3.05, 3.63) is 35.7 Å². The van der Waals surface area contributed by atoms with Crippen molar-refractivity contribution in [1.29, 1.82) is 0 Å². The van der Waals surface area contributed by atoms with Gasteiger partial charge in [-0.25, -0.2) is 9.97 Å². The van der Waals surface area contributed by atoms with Gasteiger partial charge in [-0.05, 0) is 57.2 Å². The first-order chi connectivity index (χ1) is 13.6. The second kappa shape index (κ2) is 7.86. The lowest BCUT2D eigenvalue weighted by Crippen LogP contribution is -2.47. The Morgan fingerprint density at radius 3 is 2.39 bits per heavy atom. The standard InChI is InChI=1S/C22H32N6/c1-16-7-6-9-19(18(16)3)26-11-13-27(14-12-26)21-20(23)22(25-15-24-21)28-10-5-4-8-17(28)2/h6-7,9,15,17H,4-5,8,10-14,23H2,1-3H3. The molecule has 2 aromatic rings. The molecular formula is C22H32N6. The summed E-state index contributed by atoms with van der Waals surface area (Å²) in [5, 5.41) is 0. The molecule has 0 bridgehead atoms. The van der Waals surface area contributed by atoms with Crippen LogP contribution in [0.15, 0.2) is 24.5 Å². The predicted octanol–water partition coefficient (Wildman–Crippen LogP) is 3.38. The number of piperazine rings is 1. The summed E-state index contributed by atoms with van der Waals surface area (Å²) in [7, 11) is 0. The zero-order valence-corrected chi connectivity index (χ0v) is 17.4. The third kappa shape index (κ3) is 3.48. The van der Waals surface area contributed by atoms with Gasteiger partial charge < -0.3 is 20.4 Å². The maximum Gasteiger partial charge on any atom is 0.157 e. The van der Waals surface area contributed by atoms with Crippen LogP contribution < -0.4 is 20.4 Å². The van der Waals surface area contributed by atoms with Crippen molar-refractivity contribution in [1.82, 2.24) is 9.97 Å². The zero-order valence-electron chi connectivity index (χ0n) is 17.4. The number of aryl methyl sites for hydroxylation is 1. The van der Waals surface area contributed by atoms with Crippen molar-refractivity contribution in [2.75, 3.05) is 53.2 Å². The van der Waals surface area contributed by atoms with Gasteiger partial charge in [-0.2, -0.15) is 0 Å². The Morgan fingerprint density at radius 2 is 1.64 bits per heavy atom. The molecule has 2 fully saturated rings. The molecule has 0 radical (unpaired) electrons. The molecule has 1 aromatic heterocycles. The van der Waals surface area contributed by atoms with Gasteiger partial charge in [-0.3, -0.25) is 0 Å². The lowest BCUT2D eigenvalue weighted by atomic mass is 10.0. The molecule has 1 atom stereocenters. The van der Waals surface area contributed by atoms with Gasteiger partial charge in [0.2, 0.25) is 0 Å². The Labute approximate surface area is 168 Å². The van der Waals surface area contributed by atoms with Crippen molar-refractivity contribution < 1.29 is 0 Å². The van der Waals surface area contributed by atoms with Crippen LogP contribution in [0.5, 0.6) is 0 Å². The molecule has 2 aliphatic heterocycles. The van der Waals surface area contributed by atoms with Crippen molar-refractivity contribution in [3.63, 3.8) is 0 Å². The monoisotopic (exact) mass is 380 g/mol. The highest BCUT2D eigenvalue weighted by molar-refractivity contribution is 5.76. The average molecular weight is 381 g/mol. The van der Waals surface area contributed by atoms with Gasteiger partial charge in [0.25, 0.3) is 0 Å². The molecular weight excluding hydrogens is 348 g/mol. The van der Waals surface area contributed by atoms with E-state index in [0.29, 0.717) is 6.04 Å². The van der Waals surface area contributed by atoms with E-state index < -0.39 is 0 Å². The number of benzene rings is 1. The molecule has 1 aromatic carbocycles. The largest absolute Gasteiger partial charge is 0.393 e. The number of nitrogens with two attached hydrogens (primary N) is 1. The van der Waals surface area contributed by atoms with Crippen LogP contribution in [-0.2, 0) is 0 Å². The first kappa shape index (κ1) is 18.8. The highest BCUT2D eigenvalue weighted by Gasteiger charge is 2.26. The van der Waals surface area contributed by atoms with Crippen LogP contribution in [0.2, 0.25) is 0 Å². The van der Waals surface area contributed by atoms with Crippen LogP contribution in [0.1, 0.15) is 37.3 Å². The smallest absolute Gasteiger partial charge is 0.157 e. The number of piperidine rings is 1. The maximum absolute atomic E-state index is 6.58. The van der Waals surface area contributed by atoms with Crippen LogP contribution in [0.3, 0.4) is 0 Å². The van der Waals surface area contributed by atoms with Crippen molar-refractivity contribution in [3.8, 4) is 0 Å². The van der Waals surface area contributed by atoms with Gasteiger partial charge in [0, 0.05) is 44.5 Å². The summed E-state index contributed by atoms with van der Waals surface area (Å²) in [5.74, 6) is 1.80. The van der Waals surface area contributed by atoms with Crippen LogP contribution in [-0.4, -0.2) is 48.7 Å². The fourth-order valence-corrected chi connectivity index (χ4v) is 4.51. The summed E-state index contributed by atoms with van der Waals surface area (Å²) in [4.78, 5) is 16.3. The third-order valence-corrected chi connectivity index (χ3v) is 6.41. The summed E-state index contributed by atoms with van der Waals surface area (Å²) in [6.45, 7) is 11.5. The summed E-state index contributed by atoms with van der Waals surface area (Å²) >= 11 is 0. The van der Waals surface area contributed by atoms with Gasteiger partial charge in [0.05, 0.1) is 0 Å². The van der Waals surface area contributed by atoms with Gasteiger partial charge >= 0.3 is 0 Å². The molecule has 0 spiro atoms. The molecule has 4 rings (SSSR count). The van der Waals surface area contributed by atoms with E-state index in [1.54, 1.807) is 6.33 Å². The van der Waals surface area contributed by atoms with Crippen molar-refractivity contribution >= 4 is 23.0 Å². The Morgan fingerprint density at radius 1 is 0.929 bits per heavy atom. The molecule has 28 heavy (non-hydrogen) atoms. The number of anilines is 4. The lowest BCUT2D eigenvalue weighted by molar-refractivity contribution is 0.481. The Hall–Kier alpha value is -2.50. The molecule has 6 heteroatoms. The van der Waals surface area contributed by atoms with E-state index in [1.807, 2.05) is 0 Å². The van der Waals surface area contributed by atoms with Crippen molar-refractivity contribution in [2.45, 2.75) is 46.1 Å². The second-order valence-electron chi connectivity index (χ2n) is 8.17. The van der Waals surface area contributed by atoms with E-state index in [4.69, 9.17) is 5.73 Å². The molecule has 3 heterocycles. The fourth-order valence-electron chi connectivity index (χ4n) is 4.51. The molecule has 2 N–H and O–H groups in total. The Balaban J connectivity index is 1.50. The molecule has 2 aliphatic rings. The Bertz CT molecular complexity index is 828.